The van der Waals surface area contributed by atoms with Gasteiger partial charge in [0, 0.05) is 5.56 Å². The van der Waals surface area contributed by atoms with E-state index in [4.69, 9.17) is 4.74 Å². The Morgan fingerprint density at radius 2 is 1.86 bits per heavy atom. The number of nitrogens with zero attached hydrogens (tertiary/aromatic N) is 4. The molecule has 0 fully saturated rings. The molecule has 0 bridgehead atoms. The monoisotopic (exact) mass is 298 g/mol. The summed E-state index contributed by atoms with van der Waals surface area (Å²) in [7, 11) is 0. The molecule has 0 aliphatic carbocycles. The van der Waals surface area contributed by atoms with Crippen LogP contribution in [-0.4, -0.2) is 26.1 Å². The molecule has 3 rings (SSSR count). The largest absolute Gasteiger partial charge is 0.491 e. The lowest BCUT2D eigenvalue weighted by Crippen LogP contribution is -2.05. The van der Waals surface area contributed by atoms with Gasteiger partial charge < -0.3 is 4.74 Å². The summed E-state index contributed by atoms with van der Waals surface area (Å²) in [5.74, 6) is 0.290. The lowest BCUT2D eigenvalue weighted by molar-refractivity contribution is 0.242. The summed E-state index contributed by atoms with van der Waals surface area (Å²) in [5.41, 5.74) is 2.30. The molecule has 5 nitrogen and oxygen atoms in total. The molecular formula is C16H15FN4O. The van der Waals surface area contributed by atoms with E-state index in [1.165, 1.54) is 12.3 Å². The van der Waals surface area contributed by atoms with Gasteiger partial charge >= 0.3 is 0 Å². The molecule has 1 aromatic carbocycles. The predicted octanol–water partition coefficient (Wildman–Crippen LogP) is 3.26. The van der Waals surface area contributed by atoms with Gasteiger partial charge in [0.05, 0.1) is 24.2 Å². The molecule has 0 saturated heterocycles. The second-order valence-electron chi connectivity index (χ2n) is 5.08. The van der Waals surface area contributed by atoms with Crippen molar-refractivity contribution in [3.63, 3.8) is 0 Å². The third-order valence-corrected chi connectivity index (χ3v) is 2.99. The van der Waals surface area contributed by atoms with Crippen LogP contribution in [0.2, 0.25) is 0 Å². The second kappa shape index (κ2) is 5.93. The summed E-state index contributed by atoms with van der Waals surface area (Å²) in [4.78, 5) is 3.60. The van der Waals surface area contributed by atoms with Gasteiger partial charge in [-0.15, -0.1) is 5.10 Å². The predicted molar refractivity (Wildman–Crippen MR) is 80.3 cm³/mol. The van der Waals surface area contributed by atoms with E-state index in [0.29, 0.717) is 5.69 Å². The Hall–Kier alpha value is -2.76. The van der Waals surface area contributed by atoms with Crippen molar-refractivity contribution in [1.82, 2.24) is 20.0 Å². The van der Waals surface area contributed by atoms with Crippen molar-refractivity contribution in [1.29, 1.82) is 0 Å². The van der Waals surface area contributed by atoms with E-state index in [-0.39, 0.29) is 6.10 Å². The average molecular weight is 298 g/mol. The Balaban J connectivity index is 1.82. The smallest absolute Gasteiger partial charge is 0.212 e. The molecule has 112 valence electrons. The highest BCUT2D eigenvalue weighted by Crippen LogP contribution is 2.21. The van der Waals surface area contributed by atoms with Gasteiger partial charge in [-0.25, -0.2) is 9.67 Å². The molecule has 0 saturated carbocycles. The highest BCUT2D eigenvalue weighted by atomic mass is 19.1. The van der Waals surface area contributed by atoms with E-state index in [9.17, 15) is 4.39 Å². The number of aromatic nitrogens is 4. The van der Waals surface area contributed by atoms with E-state index in [0.717, 1.165) is 17.0 Å². The molecule has 0 N–H and O–H groups in total. The van der Waals surface area contributed by atoms with Crippen LogP contribution in [0.15, 0.2) is 48.8 Å². The molecule has 6 heteroatoms. The van der Waals surface area contributed by atoms with Crippen LogP contribution < -0.4 is 4.74 Å². The van der Waals surface area contributed by atoms with E-state index < -0.39 is 5.95 Å². The first-order chi connectivity index (χ1) is 10.6. The zero-order valence-corrected chi connectivity index (χ0v) is 12.3. The molecule has 0 radical (unpaired) electrons. The molecule has 0 unspecified atom stereocenters. The Kier molecular flexibility index (Phi) is 3.82. The van der Waals surface area contributed by atoms with Gasteiger partial charge in [0.1, 0.15) is 11.4 Å². The van der Waals surface area contributed by atoms with Gasteiger partial charge in [-0.3, -0.25) is 0 Å². The SMILES string of the molecule is CC(C)Oc1ccc(-c2cn(-c3ccc(F)nc3)nn2)cc1. The van der Waals surface area contributed by atoms with Crippen molar-refractivity contribution in [3.8, 4) is 22.7 Å². The van der Waals surface area contributed by atoms with Crippen molar-refractivity contribution >= 4 is 0 Å². The Morgan fingerprint density at radius 3 is 2.50 bits per heavy atom. The van der Waals surface area contributed by atoms with Crippen LogP contribution in [0.3, 0.4) is 0 Å². The van der Waals surface area contributed by atoms with Gasteiger partial charge in [-0.1, -0.05) is 5.21 Å². The normalized spacial score (nSPS) is 10.9. The highest BCUT2D eigenvalue weighted by molar-refractivity contribution is 5.59. The van der Waals surface area contributed by atoms with Gasteiger partial charge in [-0.05, 0) is 50.2 Å². The number of halogens is 1. The average Bonchev–Trinajstić information content (AvgIpc) is 2.98. The minimum atomic E-state index is -0.523. The van der Waals surface area contributed by atoms with Gasteiger partial charge in [-0.2, -0.15) is 4.39 Å². The summed E-state index contributed by atoms with van der Waals surface area (Å²) in [6.07, 6.45) is 3.32. The number of hydrogen-bond donors (Lipinski definition) is 0. The van der Waals surface area contributed by atoms with Crippen molar-refractivity contribution in [2.45, 2.75) is 20.0 Å². The third-order valence-electron chi connectivity index (χ3n) is 2.99. The van der Waals surface area contributed by atoms with Crippen LogP contribution in [0.25, 0.3) is 16.9 Å². The molecule has 0 aliphatic heterocycles. The minimum Gasteiger partial charge on any atom is -0.491 e. The molecular weight excluding hydrogens is 283 g/mol. The first kappa shape index (κ1) is 14.2. The number of hydrogen-bond acceptors (Lipinski definition) is 4. The molecule has 0 atom stereocenters. The summed E-state index contributed by atoms with van der Waals surface area (Å²) < 4.78 is 20.0. The minimum absolute atomic E-state index is 0.137. The number of rotatable bonds is 4. The van der Waals surface area contributed by atoms with Crippen LogP contribution in [0.4, 0.5) is 4.39 Å². The van der Waals surface area contributed by atoms with Crippen molar-refractivity contribution in [3.05, 3.63) is 54.7 Å². The molecule has 0 spiro atoms. The standard InChI is InChI=1S/C16H15FN4O/c1-11(2)22-14-6-3-12(4-7-14)15-10-21(20-19-15)13-5-8-16(17)18-9-13/h3-11H,1-2H3. The maximum atomic E-state index is 12.8. The second-order valence-corrected chi connectivity index (χ2v) is 5.08. The zero-order valence-electron chi connectivity index (χ0n) is 12.3. The lowest BCUT2D eigenvalue weighted by Gasteiger charge is -2.09. The summed E-state index contributed by atoms with van der Waals surface area (Å²) in [5, 5.41) is 8.16. The van der Waals surface area contributed by atoms with E-state index >= 15 is 0 Å². The fraction of sp³-hybridized carbons (Fsp3) is 0.188. The van der Waals surface area contributed by atoms with Gasteiger partial charge in [0.25, 0.3) is 0 Å². The first-order valence-electron chi connectivity index (χ1n) is 6.93. The Bertz CT molecular complexity index is 751. The van der Waals surface area contributed by atoms with Crippen LogP contribution in [0.5, 0.6) is 5.75 Å². The maximum absolute atomic E-state index is 12.8. The number of benzene rings is 1. The molecule has 0 amide bonds. The van der Waals surface area contributed by atoms with E-state index in [2.05, 4.69) is 15.3 Å². The van der Waals surface area contributed by atoms with Crippen LogP contribution >= 0.6 is 0 Å². The van der Waals surface area contributed by atoms with Gasteiger partial charge in [0.2, 0.25) is 5.95 Å². The fourth-order valence-electron chi connectivity index (χ4n) is 2.00. The molecule has 3 aromatic rings. The third kappa shape index (κ3) is 3.11. The summed E-state index contributed by atoms with van der Waals surface area (Å²) >= 11 is 0. The van der Waals surface area contributed by atoms with Crippen LogP contribution in [0.1, 0.15) is 13.8 Å². The maximum Gasteiger partial charge on any atom is 0.212 e. The first-order valence-corrected chi connectivity index (χ1v) is 6.93. The fourth-order valence-corrected chi connectivity index (χ4v) is 2.00. The molecule has 0 aliphatic rings. The Labute approximate surface area is 127 Å². The number of pyridine rings is 1. The summed E-state index contributed by atoms with van der Waals surface area (Å²) in [6, 6.07) is 10.5. The lowest BCUT2D eigenvalue weighted by atomic mass is 10.1. The molecule has 2 heterocycles. The number of ether oxygens (including phenoxy) is 1. The van der Waals surface area contributed by atoms with Crippen molar-refractivity contribution in [2.24, 2.45) is 0 Å². The van der Waals surface area contributed by atoms with Crippen molar-refractivity contribution in [2.75, 3.05) is 0 Å². The summed E-state index contributed by atoms with van der Waals surface area (Å²) in [6.45, 7) is 3.96. The Morgan fingerprint density at radius 1 is 1.09 bits per heavy atom. The van der Waals surface area contributed by atoms with E-state index in [1.54, 1.807) is 16.9 Å². The topological polar surface area (TPSA) is 52.8 Å². The zero-order chi connectivity index (χ0) is 15.5. The van der Waals surface area contributed by atoms with Gasteiger partial charge in [0.15, 0.2) is 0 Å². The molecule has 22 heavy (non-hydrogen) atoms. The van der Waals surface area contributed by atoms with Crippen LogP contribution in [0, 0.1) is 5.95 Å². The quantitative estimate of drug-likeness (QED) is 0.694. The van der Waals surface area contributed by atoms with Crippen LogP contribution in [-0.2, 0) is 0 Å². The van der Waals surface area contributed by atoms with E-state index in [1.807, 2.05) is 38.1 Å². The highest BCUT2D eigenvalue weighted by Gasteiger charge is 2.06. The van der Waals surface area contributed by atoms with Crippen molar-refractivity contribution < 1.29 is 9.13 Å². The molecule has 2 aromatic heterocycles.